The van der Waals surface area contributed by atoms with Gasteiger partial charge in [0.05, 0.1) is 29.9 Å². The summed E-state index contributed by atoms with van der Waals surface area (Å²) in [7, 11) is 3.03. The molecule has 25 heavy (non-hydrogen) atoms. The molecule has 2 rings (SSSR count). The number of hydrogen-bond acceptors (Lipinski definition) is 6. The van der Waals surface area contributed by atoms with Crippen LogP contribution in [0.3, 0.4) is 0 Å². The van der Waals surface area contributed by atoms with Crippen LogP contribution < -0.4 is 9.47 Å². The van der Waals surface area contributed by atoms with E-state index in [-0.39, 0.29) is 16.1 Å². The van der Waals surface area contributed by atoms with E-state index in [1.807, 2.05) is 0 Å². The van der Waals surface area contributed by atoms with Gasteiger partial charge in [-0.05, 0) is 31.5 Å². The Morgan fingerprint density at radius 1 is 1.20 bits per heavy atom. The fourth-order valence-corrected chi connectivity index (χ4v) is 2.60. The zero-order valence-corrected chi connectivity index (χ0v) is 14.9. The predicted octanol–water partition coefficient (Wildman–Crippen LogP) is 4.34. The molecule has 0 fully saturated rings. The van der Waals surface area contributed by atoms with Crippen LogP contribution >= 0.6 is 11.6 Å². The summed E-state index contributed by atoms with van der Waals surface area (Å²) in [6, 6.07) is 5.02. The average Bonchev–Trinajstić information content (AvgIpc) is 2.59. The fourth-order valence-electron chi connectivity index (χ4n) is 2.41. The van der Waals surface area contributed by atoms with Gasteiger partial charge in [0.25, 0.3) is 0 Å². The zero-order chi connectivity index (χ0) is 18.7. The number of nitro benzene ring substituents is 1. The molecule has 7 nitrogen and oxygen atoms in total. The molecule has 0 heterocycles. The zero-order valence-electron chi connectivity index (χ0n) is 14.2. The first-order valence-electron chi connectivity index (χ1n) is 7.23. The van der Waals surface area contributed by atoms with E-state index in [2.05, 4.69) is 4.99 Å². The molecule has 0 aromatic heterocycles. The molecule has 132 valence electrons. The van der Waals surface area contributed by atoms with E-state index in [0.717, 1.165) is 0 Å². The van der Waals surface area contributed by atoms with Crippen molar-refractivity contribution in [3.05, 3.63) is 50.0 Å². The number of aliphatic imine (C=N–C) groups is 1. The van der Waals surface area contributed by atoms with E-state index < -0.39 is 16.4 Å². The monoisotopic (exact) mass is 364 g/mol. The number of rotatable bonds is 5. The van der Waals surface area contributed by atoms with E-state index in [0.29, 0.717) is 22.7 Å². The van der Waals surface area contributed by atoms with Gasteiger partial charge in [-0.2, -0.15) is 0 Å². The molecule has 0 spiro atoms. The summed E-state index contributed by atoms with van der Waals surface area (Å²) in [6.45, 7) is 3.15. The first kappa shape index (κ1) is 18.5. The Hall–Kier alpha value is -2.80. The number of ether oxygens (including phenoxy) is 2. The van der Waals surface area contributed by atoms with E-state index >= 15 is 0 Å². The molecule has 2 aromatic carbocycles. The highest BCUT2D eigenvalue weighted by atomic mass is 35.5. The van der Waals surface area contributed by atoms with Crippen LogP contribution in [-0.2, 0) is 0 Å². The lowest BCUT2D eigenvalue weighted by Gasteiger charge is -2.10. The number of nitro groups is 1. The average molecular weight is 365 g/mol. The maximum atomic E-state index is 11.2. The number of benzene rings is 2. The predicted molar refractivity (Wildman–Crippen MR) is 96.0 cm³/mol. The first-order valence-corrected chi connectivity index (χ1v) is 7.61. The second-order valence-corrected chi connectivity index (χ2v) is 5.61. The summed E-state index contributed by atoms with van der Waals surface area (Å²) in [5.74, 6) is 0.578. The fraction of sp³-hybridized carbons (Fsp3) is 0.235. The molecule has 1 N–H and O–H groups in total. The largest absolute Gasteiger partial charge is 0.502 e. The molecule has 0 saturated heterocycles. The molecule has 0 amide bonds. The lowest BCUT2D eigenvalue weighted by Crippen LogP contribution is -2.00. The standard InChI is InChI=1S/C17H17ClN2O5/c1-9-12(17(21)16(20(22)23)10(2)15(9)18)8-19-11-5-6-13(24-3)14(7-11)25-4/h5-8,21H,1-4H3. The van der Waals surface area contributed by atoms with Crippen LogP contribution in [0.25, 0.3) is 0 Å². The van der Waals surface area contributed by atoms with E-state index in [1.165, 1.54) is 27.4 Å². The van der Waals surface area contributed by atoms with Crippen molar-refractivity contribution < 1.29 is 19.5 Å². The Morgan fingerprint density at radius 2 is 1.84 bits per heavy atom. The van der Waals surface area contributed by atoms with Crippen LogP contribution in [0.15, 0.2) is 23.2 Å². The summed E-state index contributed by atoms with van der Waals surface area (Å²) in [4.78, 5) is 14.8. The normalized spacial score (nSPS) is 10.9. The number of nitrogens with zero attached hydrogens (tertiary/aromatic N) is 2. The highest BCUT2D eigenvalue weighted by molar-refractivity contribution is 6.33. The van der Waals surface area contributed by atoms with Crippen molar-refractivity contribution in [1.82, 2.24) is 0 Å². The van der Waals surface area contributed by atoms with Crippen LogP contribution in [-0.4, -0.2) is 30.5 Å². The highest BCUT2D eigenvalue weighted by Crippen LogP contribution is 2.40. The summed E-state index contributed by atoms with van der Waals surface area (Å²) in [5.41, 5.74) is 1.01. The minimum atomic E-state index is -0.663. The number of aromatic hydroxyl groups is 1. The third-order valence-electron chi connectivity index (χ3n) is 3.79. The van der Waals surface area contributed by atoms with Gasteiger partial charge in [-0.15, -0.1) is 0 Å². The second-order valence-electron chi connectivity index (χ2n) is 5.23. The van der Waals surface area contributed by atoms with Gasteiger partial charge in [0.15, 0.2) is 11.5 Å². The second kappa shape index (κ2) is 7.40. The Morgan fingerprint density at radius 3 is 2.40 bits per heavy atom. The topological polar surface area (TPSA) is 94.2 Å². The van der Waals surface area contributed by atoms with Crippen molar-refractivity contribution in [3.8, 4) is 17.2 Å². The molecule has 0 unspecified atom stereocenters. The Labute approximate surface area is 149 Å². The number of hydrogen-bond donors (Lipinski definition) is 1. The maximum Gasteiger partial charge on any atom is 0.315 e. The molecule has 0 radical (unpaired) electrons. The van der Waals surface area contributed by atoms with Crippen molar-refractivity contribution in [1.29, 1.82) is 0 Å². The molecule has 0 saturated carbocycles. The van der Waals surface area contributed by atoms with Crippen LogP contribution in [0.4, 0.5) is 11.4 Å². The van der Waals surface area contributed by atoms with Crippen molar-refractivity contribution in [3.63, 3.8) is 0 Å². The van der Waals surface area contributed by atoms with Crippen molar-refractivity contribution in [2.75, 3.05) is 14.2 Å². The third-order valence-corrected chi connectivity index (χ3v) is 4.36. The van der Waals surface area contributed by atoms with E-state index in [1.54, 1.807) is 25.1 Å². The number of phenols is 1. The summed E-state index contributed by atoms with van der Waals surface area (Å²) in [6.07, 6.45) is 1.34. The van der Waals surface area contributed by atoms with Crippen LogP contribution in [0, 0.1) is 24.0 Å². The minimum absolute atomic E-state index is 0.192. The molecular formula is C17H17ClN2O5. The van der Waals surface area contributed by atoms with Crippen molar-refractivity contribution in [2.45, 2.75) is 13.8 Å². The summed E-state index contributed by atoms with van der Waals surface area (Å²) >= 11 is 6.16. The van der Waals surface area contributed by atoms with Crippen LogP contribution in [0.2, 0.25) is 5.02 Å². The summed E-state index contributed by atoms with van der Waals surface area (Å²) in [5, 5.41) is 21.7. The van der Waals surface area contributed by atoms with Gasteiger partial charge in [-0.25, -0.2) is 0 Å². The smallest absolute Gasteiger partial charge is 0.315 e. The van der Waals surface area contributed by atoms with E-state index in [4.69, 9.17) is 21.1 Å². The Kier molecular flexibility index (Phi) is 5.48. The SMILES string of the molecule is COc1ccc(N=Cc2c(C)c(Cl)c(C)c([N+](=O)[O-])c2O)cc1OC. The minimum Gasteiger partial charge on any atom is -0.502 e. The van der Waals surface area contributed by atoms with Gasteiger partial charge in [-0.1, -0.05) is 11.6 Å². The molecule has 0 aliphatic heterocycles. The molecule has 0 atom stereocenters. The lowest BCUT2D eigenvalue weighted by atomic mass is 10.0. The van der Waals surface area contributed by atoms with Gasteiger partial charge >= 0.3 is 5.69 Å². The van der Waals surface area contributed by atoms with Crippen LogP contribution in [0.1, 0.15) is 16.7 Å². The Bertz CT molecular complexity index is 865. The third kappa shape index (κ3) is 3.51. The molecule has 0 bridgehead atoms. The number of phenolic OH excluding ortho intramolecular Hbond substituents is 1. The molecule has 8 heteroatoms. The van der Waals surface area contributed by atoms with E-state index in [9.17, 15) is 15.2 Å². The lowest BCUT2D eigenvalue weighted by molar-refractivity contribution is -0.386. The molecular weight excluding hydrogens is 348 g/mol. The van der Waals surface area contributed by atoms with Crippen molar-refractivity contribution in [2.24, 2.45) is 4.99 Å². The summed E-state index contributed by atoms with van der Waals surface area (Å²) < 4.78 is 10.4. The van der Waals surface area contributed by atoms with Crippen LogP contribution in [0.5, 0.6) is 17.2 Å². The quantitative estimate of drug-likeness (QED) is 0.484. The highest BCUT2D eigenvalue weighted by Gasteiger charge is 2.25. The molecule has 0 aliphatic rings. The van der Waals surface area contributed by atoms with Gasteiger partial charge in [-0.3, -0.25) is 15.1 Å². The molecule has 0 aliphatic carbocycles. The van der Waals surface area contributed by atoms with Gasteiger partial charge in [0.1, 0.15) is 0 Å². The molecule has 2 aromatic rings. The Balaban J connectivity index is 2.54. The van der Waals surface area contributed by atoms with Gasteiger partial charge in [0.2, 0.25) is 5.75 Å². The first-order chi connectivity index (χ1) is 11.8. The van der Waals surface area contributed by atoms with Gasteiger partial charge in [0, 0.05) is 23.4 Å². The van der Waals surface area contributed by atoms with Gasteiger partial charge < -0.3 is 14.6 Å². The van der Waals surface area contributed by atoms with Crippen molar-refractivity contribution >= 4 is 29.2 Å². The number of halogens is 1. The number of methoxy groups -OCH3 is 2. The maximum absolute atomic E-state index is 11.2.